The van der Waals surface area contributed by atoms with Crippen molar-refractivity contribution >= 4 is 48.3 Å². The van der Waals surface area contributed by atoms with Crippen LogP contribution in [-0.2, 0) is 33.0 Å². The number of hydrogen-bond acceptors (Lipinski definition) is 6. The number of aliphatic hydroxyl groups excluding tert-OH is 1. The molecule has 7 rings (SSSR count). The molecule has 2 amide bonds. The lowest BCUT2D eigenvalue weighted by Gasteiger charge is -2.32. The molecular weight excluding hydrogens is 684 g/mol. The Bertz CT molecular complexity index is 2160. The van der Waals surface area contributed by atoms with Gasteiger partial charge >= 0.3 is 0 Å². The molecule has 12 heteroatoms. The maximum Gasteiger partial charge on any atom is 0.279 e. The number of rotatable bonds is 10. The topological polar surface area (TPSA) is 128 Å². The summed E-state index contributed by atoms with van der Waals surface area (Å²) in [5, 5.41) is 14.0. The summed E-state index contributed by atoms with van der Waals surface area (Å²) in [6, 6.07) is 29.6. The summed E-state index contributed by atoms with van der Waals surface area (Å²) in [6.45, 7) is 5.99. The van der Waals surface area contributed by atoms with Crippen molar-refractivity contribution in [2.24, 2.45) is 5.92 Å². The van der Waals surface area contributed by atoms with E-state index in [2.05, 4.69) is 5.10 Å². The quantitative estimate of drug-likeness (QED) is 0.158. The lowest BCUT2D eigenvalue weighted by Crippen LogP contribution is -2.46. The van der Waals surface area contributed by atoms with Crippen molar-refractivity contribution in [3.63, 3.8) is 0 Å². The Hall–Kier alpha value is -4.52. The lowest BCUT2D eigenvalue weighted by atomic mass is 9.82. The molecule has 0 radical (unpaired) electrons. The number of carbonyl (C=O) groups is 2. The zero-order chi connectivity index (χ0) is 36.1. The van der Waals surface area contributed by atoms with Crippen LogP contribution in [0.3, 0.4) is 0 Å². The van der Waals surface area contributed by atoms with Gasteiger partial charge < -0.3 is 24.4 Å². The second kappa shape index (κ2) is 13.6. The average molecular weight is 725 g/mol. The molecular formula is C39H41ClN4O6Si. The average Bonchev–Trinajstić information content (AvgIpc) is 3.68. The van der Waals surface area contributed by atoms with Crippen LogP contribution in [0, 0.1) is 5.92 Å². The van der Waals surface area contributed by atoms with E-state index in [1.807, 2.05) is 98.9 Å². The number of aromatic nitrogens is 2. The number of para-hydroxylation sites is 1. The van der Waals surface area contributed by atoms with E-state index in [-0.39, 0.29) is 43.5 Å². The van der Waals surface area contributed by atoms with Gasteiger partial charge in [-0.15, -0.1) is 0 Å². The third-order valence-electron chi connectivity index (χ3n) is 10.4. The zero-order valence-corrected chi connectivity index (χ0v) is 30.5. The van der Waals surface area contributed by atoms with Crippen LogP contribution in [0.5, 0.6) is 0 Å². The van der Waals surface area contributed by atoms with Gasteiger partial charge in [-0.1, -0.05) is 73.1 Å². The fourth-order valence-electron chi connectivity index (χ4n) is 8.14. The molecule has 4 atom stereocenters. The van der Waals surface area contributed by atoms with Gasteiger partial charge in [-0.2, -0.15) is 0 Å². The van der Waals surface area contributed by atoms with Gasteiger partial charge in [0.15, 0.2) is 13.9 Å². The minimum atomic E-state index is -3.05. The zero-order valence-electron chi connectivity index (χ0n) is 28.8. The van der Waals surface area contributed by atoms with E-state index in [1.54, 1.807) is 28.0 Å². The normalized spacial score (nSPS) is 21.5. The number of halogens is 1. The van der Waals surface area contributed by atoms with Crippen LogP contribution < -0.4 is 10.5 Å². The SMILES string of the molecule is C[C@H]1[C@H]([Si](C)(C)O)[C@@H](CC(=O)N(CCO)Cc2ccccc2)O[C@]12C(=O)N(Cc1cccc(-n3[nH]c4ccccc4c3=O)c1)c1ccc(Cl)cc12. The van der Waals surface area contributed by atoms with Gasteiger partial charge in [0.05, 0.1) is 48.0 Å². The maximum atomic E-state index is 14.9. The molecule has 1 saturated heterocycles. The van der Waals surface area contributed by atoms with Crippen molar-refractivity contribution in [1.82, 2.24) is 14.7 Å². The summed E-state index contributed by atoms with van der Waals surface area (Å²) < 4.78 is 8.37. The second-order valence-corrected chi connectivity index (χ2v) is 18.5. The number of anilines is 1. The molecule has 2 aliphatic rings. The molecule has 0 aliphatic carbocycles. The smallest absolute Gasteiger partial charge is 0.279 e. The summed E-state index contributed by atoms with van der Waals surface area (Å²) in [4.78, 5) is 57.0. The van der Waals surface area contributed by atoms with Gasteiger partial charge in [0, 0.05) is 35.1 Å². The molecule has 4 aromatic carbocycles. The van der Waals surface area contributed by atoms with Crippen LogP contribution in [0.25, 0.3) is 16.6 Å². The Balaban J connectivity index is 1.22. The summed E-state index contributed by atoms with van der Waals surface area (Å²) in [6.07, 6.45) is -0.825. The highest BCUT2D eigenvalue weighted by atomic mass is 35.5. The molecule has 1 fully saturated rings. The summed E-state index contributed by atoms with van der Waals surface area (Å²) >= 11 is 6.58. The Morgan fingerprint density at radius 1 is 0.980 bits per heavy atom. The Kier molecular flexibility index (Phi) is 9.27. The minimum Gasteiger partial charge on any atom is -0.432 e. The number of aromatic amines is 1. The molecule has 2 aliphatic heterocycles. The second-order valence-electron chi connectivity index (χ2n) is 14.1. The molecule has 1 aromatic heterocycles. The van der Waals surface area contributed by atoms with E-state index in [4.69, 9.17) is 16.3 Å². The van der Waals surface area contributed by atoms with E-state index < -0.39 is 31.5 Å². The van der Waals surface area contributed by atoms with Crippen molar-refractivity contribution in [3.8, 4) is 5.69 Å². The number of aliphatic hydroxyl groups is 1. The van der Waals surface area contributed by atoms with Crippen LogP contribution >= 0.6 is 11.6 Å². The van der Waals surface area contributed by atoms with Gasteiger partial charge in [0.2, 0.25) is 5.91 Å². The van der Waals surface area contributed by atoms with Gasteiger partial charge in [-0.25, -0.2) is 4.68 Å². The highest BCUT2D eigenvalue weighted by Crippen LogP contribution is 2.60. The van der Waals surface area contributed by atoms with Crippen LogP contribution in [0.2, 0.25) is 23.7 Å². The summed E-state index contributed by atoms with van der Waals surface area (Å²) in [5.74, 6) is -1.02. The van der Waals surface area contributed by atoms with Crippen LogP contribution in [0.4, 0.5) is 5.69 Å². The summed E-state index contributed by atoms with van der Waals surface area (Å²) in [7, 11) is -3.05. The van der Waals surface area contributed by atoms with Crippen LogP contribution in [0.1, 0.15) is 30.0 Å². The minimum absolute atomic E-state index is 0.0644. The predicted octanol–water partition coefficient (Wildman–Crippen LogP) is 5.73. The van der Waals surface area contributed by atoms with Gasteiger partial charge in [-0.05, 0) is 66.7 Å². The van der Waals surface area contributed by atoms with Crippen LogP contribution in [0.15, 0.2) is 102 Å². The molecule has 10 nitrogen and oxygen atoms in total. The largest absolute Gasteiger partial charge is 0.432 e. The van der Waals surface area contributed by atoms with Crippen LogP contribution in [-0.4, -0.2) is 64.0 Å². The van der Waals surface area contributed by atoms with E-state index in [0.717, 1.165) is 16.6 Å². The lowest BCUT2D eigenvalue weighted by molar-refractivity contribution is -0.150. The number of H-pyrrole nitrogens is 1. The fraction of sp³-hybridized carbons (Fsp3) is 0.308. The third-order valence-corrected chi connectivity index (χ3v) is 13.1. The van der Waals surface area contributed by atoms with Crippen molar-refractivity contribution in [1.29, 1.82) is 0 Å². The van der Waals surface area contributed by atoms with Gasteiger partial charge in [0.25, 0.3) is 11.5 Å². The fourth-order valence-corrected chi connectivity index (χ4v) is 10.9. The number of benzene rings is 4. The van der Waals surface area contributed by atoms with E-state index in [9.17, 15) is 24.3 Å². The monoisotopic (exact) mass is 724 g/mol. The first-order chi connectivity index (χ1) is 24.4. The number of nitrogens with one attached hydrogen (secondary N) is 1. The van der Waals surface area contributed by atoms with Crippen molar-refractivity contribution in [3.05, 3.63) is 129 Å². The van der Waals surface area contributed by atoms with Gasteiger partial charge in [0.1, 0.15) is 0 Å². The standard InChI is InChI=1S/C39H41ClN4O6Si/c1-25-36(51(2,3)49)34(22-35(46)42(18-19-45)23-26-10-5-4-6-11-26)50-39(25)31-21-28(40)16-17-33(31)43(38(39)48)24-27-12-9-13-29(20-27)44-37(47)30-14-7-8-15-32(30)41-44/h4-17,20-21,25,34,36,41,45,49H,18-19,22-24H2,1-3H3/t25-,34+,36-,39+/m0/s1. The Labute approximate surface area is 302 Å². The van der Waals surface area contributed by atoms with E-state index >= 15 is 0 Å². The Morgan fingerprint density at radius 3 is 2.43 bits per heavy atom. The molecule has 0 unspecified atom stereocenters. The molecule has 3 heterocycles. The number of fused-ring (bicyclic) bond motifs is 3. The molecule has 51 heavy (non-hydrogen) atoms. The van der Waals surface area contributed by atoms with E-state index in [0.29, 0.717) is 33.9 Å². The van der Waals surface area contributed by atoms with Crippen molar-refractivity contribution < 1.29 is 24.2 Å². The highest BCUT2D eigenvalue weighted by Gasteiger charge is 2.66. The number of amides is 2. The highest BCUT2D eigenvalue weighted by molar-refractivity contribution is 6.71. The van der Waals surface area contributed by atoms with E-state index in [1.165, 1.54) is 4.68 Å². The molecule has 3 N–H and O–H groups in total. The van der Waals surface area contributed by atoms with Crippen molar-refractivity contribution in [2.45, 2.75) is 56.8 Å². The van der Waals surface area contributed by atoms with Gasteiger partial charge in [-0.3, -0.25) is 19.5 Å². The Morgan fingerprint density at radius 2 is 1.71 bits per heavy atom. The first kappa shape index (κ1) is 34.9. The molecule has 0 saturated carbocycles. The molecule has 1 spiro atoms. The molecule has 5 aromatic rings. The number of nitrogens with zero attached hydrogens (tertiary/aromatic N) is 3. The first-order valence-electron chi connectivity index (χ1n) is 17.2. The summed E-state index contributed by atoms with van der Waals surface area (Å²) in [5.41, 5.74) is 2.17. The molecule has 0 bridgehead atoms. The number of ether oxygens (including phenoxy) is 1. The third kappa shape index (κ3) is 6.23. The first-order valence-corrected chi connectivity index (χ1v) is 20.6. The predicted molar refractivity (Wildman–Crippen MR) is 199 cm³/mol. The number of hydrogen-bond donors (Lipinski definition) is 3. The molecule has 264 valence electrons. The van der Waals surface area contributed by atoms with Crippen molar-refractivity contribution in [2.75, 3.05) is 18.1 Å². The maximum absolute atomic E-state index is 14.9. The number of carbonyl (C=O) groups excluding carboxylic acids is 2.